The molecule has 2 heterocycles. The molecule has 2 aromatic carbocycles. The number of nitrogens with one attached hydrogen (secondary N) is 2. The molecular formula is C21H15F2N5O. The Labute approximate surface area is 164 Å². The molecule has 1 amide bonds. The van der Waals surface area contributed by atoms with Gasteiger partial charge in [0.15, 0.2) is 0 Å². The van der Waals surface area contributed by atoms with E-state index in [-0.39, 0.29) is 23.0 Å². The predicted octanol–water partition coefficient (Wildman–Crippen LogP) is 4.61. The molecule has 0 aliphatic heterocycles. The maximum absolute atomic E-state index is 13.9. The lowest BCUT2D eigenvalue weighted by molar-refractivity contribution is 0.102. The molecular weight excluding hydrogens is 376 g/mol. The third-order valence-corrected chi connectivity index (χ3v) is 4.17. The maximum atomic E-state index is 13.9. The summed E-state index contributed by atoms with van der Waals surface area (Å²) in [4.78, 5) is 25.3. The van der Waals surface area contributed by atoms with Crippen molar-refractivity contribution in [3.63, 3.8) is 0 Å². The summed E-state index contributed by atoms with van der Waals surface area (Å²) in [5.74, 6) is -1.66. The predicted molar refractivity (Wildman–Crippen MR) is 106 cm³/mol. The Balaban J connectivity index is 1.64. The lowest BCUT2D eigenvalue weighted by atomic mass is 10.2. The van der Waals surface area contributed by atoms with Gasteiger partial charge in [0.05, 0.1) is 11.2 Å². The number of nitrogens with zero attached hydrogens (tertiary/aromatic N) is 3. The second kappa shape index (κ2) is 7.59. The molecule has 0 fully saturated rings. The smallest absolute Gasteiger partial charge is 0.274 e. The Morgan fingerprint density at radius 1 is 0.966 bits per heavy atom. The number of amides is 1. The second-order valence-electron chi connectivity index (χ2n) is 6.24. The van der Waals surface area contributed by atoms with Crippen LogP contribution in [0.3, 0.4) is 0 Å². The van der Waals surface area contributed by atoms with Crippen molar-refractivity contribution < 1.29 is 13.6 Å². The van der Waals surface area contributed by atoms with Crippen molar-refractivity contribution >= 4 is 34.0 Å². The van der Waals surface area contributed by atoms with Gasteiger partial charge in [0.25, 0.3) is 5.91 Å². The van der Waals surface area contributed by atoms with E-state index in [9.17, 15) is 13.6 Å². The summed E-state index contributed by atoms with van der Waals surface area (Å²) in [5.41, 5.74) is 0.861. The molecule has 0 unspecified atom stereocenters. The summed E-state index contributed by atoms with van der Waals surface area (Å²) >= 11 is 0. The van der Waals surface area contributed by atoms with Crippen molar-refractivity contribution in [2.24, 2.45) is 0 Å². The van der Waals surface area contributed by atoms with Gasteiger partial charge in [-0.2, -0.15) is 0 Å². The van der Waals surface area contributed by atoms with E-state index in [1.165, 1.54) is 12.1 Å². The number of aromatic nitrogens is 3. The molecule has 6 nitrogen and oxygen atoms in total. The molecule has 2 N–H and O–H groups in total. The van der Waals surface area contributed by atoms with E-state index >= 15 is 0 Å². The van der Waals surface area contributed by atoms with Gasteiger partial charge in [-0.15, -0.1) is 0 Å². The highest BCUT2D eigenvalue weighted by molar-refractivity contribution is 6.07. The Hall–Kier alpha value is -3.94. The van der Waals surface area contributed by atoms with Crippen molar-refractivity contribution in [1.82, 2.24) is 15.0 Å². The van der Waals surface area contributed by atoms with Gasteiger partial charge in [-0.3, -0.25) is 9.78 Å². The number of carbonyl (C=O) groups excluding carboxylic acids is 1. The fraction of sp³-hybridized carbons (Fsp3) is 0.0476. The van der Waals surface area contributed by atoms with Gasteiger partial charge in [-0.1, -0.05) is 24.3 Å². The van der Waals surface area contributed by atoms with Crippen LogP contribution in [-0.2, 0) is 0 Å². The van der Waals surface area contributed by atoms with Crippen LogP contribution in [0.2, 0.25) is 0 Å². The quantitative estimate of drug-likeness (QED) is 0.531. The summed E-state index contributed by atoms with van der Waals surface area (Å²) in [6, 6.07) is 14.0. The summed E-state index contributed by atoms with van der Waals surface area (Å²) in [7, 11) is 0. The third kappa shape index (κ3) is 3.86. The first-order valence-corrected chi connectivity index (χ1v) is 8.73. The van der Waals surface area contributed by atoms with Crippen molar-refractivity contribution in [2.45, 2.75) is 6.92 Å². The Morgan fingerprint density at radius 3 is 2.48 bits per heavy atom. The molecule has 0 radical (unpaired) electrons. The third-order valence-electron chi connectivity index (χ3n) is 4.17. The lowest BCUT2D eigenvalue weighted by Crippen LogP contribution is -2.16. The summed E-state index contributed by atoms with van der Waals surface area (Å²) in [6.45, 7) is 1.58. The number of aryl methyl sites for hydroxylation is 1. The van der Waals surface area contributed by atoms with E-state index < -0.39 is 17.5 Å². The van der Waals surface area contributed by atoms with Gasteiger partial charge < -0.3 is 10.6 Å². The van der Waals surface area contributed by atoms with Gasteiger partial charge in [0, 0.05) is 17.6 Å². The van der Waals surface area contributed by atoms with Crippen LogP contribution in [-0.4, -0.2) is 20.9 Å². The van der Waals surface area contributed by atoms with Gasteiger partial charge in [-0.25, -0.2) is 18.7 Å². The molecule has 0 aliphatic rings. The van der Waals surface area contributed by atoms with E-state index in [0.29, 0.717) is 11.2 Å². The number of pyridine rings is 1. The largest absolute Gasteiger partial charge is 0.335 e. The van der Waals surface area contributed by atoms with E-state index in [0.717, 1.165) is 17.5 Å². The number of hydrogen-bond donors (Lipinski definition) is 2. The number of benzene rings is 2. The molecule has 0 bridgehead atoms. The number of para-hydroxylation sites is 2. The van der Waals surface area contributed by atoms with Crippen LogP contribution in [0.5, 0.6) is 0 Å². The first kappa shape index (κ1) is 18.4. The fourth-order valence-electron chi connectivity index (χ4n) is 2.88. The normalized spacial score (nSPS) is 10.7. The molecule has 2 aromatic heterocycles. The topological polar surface area (TPSA) is 79.8 Å². The summed E-state index contributed by atoms with van der Waals surface area (Å²) in [6.07, 6.45) is 1.64. The number of carbonyl (C=O) groups is 1. The molecule has 4 rings (SSSR count). The highest BCUT2D eigenvalue weighted by atomic mass is 19.1. The molecule has 0 saturated heterocycles. The Bertz CT molecular complexity index is 1200. The summed E-state index contributed by atoms with van der Waals surface area (Å²) in [5, 5.41) is 6.23. The highest BCUT2D eigenvalue weighted by Gasteiger charge is 2.15. The molecule has 29 heavy (non-hydrogen) atoms. The Kier molecular flexibility index (Phi) is 4.82. The number of rotatable bonds is 4. The van der Waals surface area contributed by atoms with Gasteiger partial charge in [0.1, 0.15) is 34.7 Å². The average molecular weight is 391 g/mol. The van der Waals surface area contributed by atoms with Crippen LogP contribution >= 0.6 is 0 Å². The first-order chi connectivity index (χ1) is 14.0. The zero-order chi connectivity index (χ0) is 20.4. The number of halogens is 2. The molecule has 0 saturated carbocycles. The molecule has 0 aliphatic carbocycles. The molecule has 4 aromatic rings. The minimum Gasteiger partial charge on any atom is -0.335 e. The van der Waals surface area contributed by atoms with Crippen LogP contribution < -0.4 is 10.6 Å². The zero-order valence-corrected chi connectivity index (χ0v) is 15.3. The maximum Gasteiger partial charge on any atom is 0.274 e. The summed E-state index contributed by atoms with van der Waals surface area (Å²) < 4.78 is 27.8. The zero-order valence-electron chi connectivity index (χ0n) is 15.3. The van der Waals surface area contributed by atoms with E-state index in [1.54, 1.807) is 25.3 Å². The minimum absolute atomic E-state index is 0.0460. The SMILES string of the molecule is Cc1nc(Nc2c(F)cccc2F)cc(C(=O)Nc2cccc3cccnc23)n1. The Morgan fingerprint density at radius 2 is 1.69 bits per heavy atom. The van der Waals surface area contributed by atoms with Crippen molar-refractivity contribution in [3.8, 4) is 0 Å². The highest BCUT2D eigenvalue weighted by Crippen LogP contribution is 2.24. The lowest BCUT2D eigenvalue weighted by Gasteiger charge is -2.11. The molecule has 0 spiro atoms. The standard InChI is InChI=1S/C21H15F2N5O/c1-12-25-17(11-18(26-12)28-20-14(22)7-3-8-15(20)23)21(29)27-16-9-2-5-13-6-4-10-24-19(13)16/h2-11H,1H3,(H,27,29)(H,25,26,28). The van der Waals surface area contributed by atoms with Crippen molar-refractivity contribution in [1.29, 1.82) is 0 Å². The van der Waals surface area contributed by atoms with Crippen LogP contribution in [0, 0.1) is 18.6 Å². The second-order valence-corrected chi connectivity index (χ2v) is 6.24. The number of fused-ring (bicyclic) bond motifs is 1. The van der Waals surface area contributed by atoms with Crippen LogP contribution in [0.25, 0.3) is 10.9 Å². The van der Waals surface area contributed by atoms with Crippen LogP contribution in [0.4, 0.5) is 26.0 Å². The van der Waals surface area contributed by atoms with Gasteiger partial charge in [0.2, 0.25) is 0 Å². The molecule has 0 atom stereocenters. The molecule has 8 heteroatoms. The monoisotopic (exact) mass is 391 g/mol. The van der Waals surface area contributed by atoms with Crippen molar-refractivity contribution in [3.05, 3.63) is 83.9 Å². The number of hydrogen-bond acceptors (Lipinski definition) is 5. The van der Waals surface area contributed by atoms with Crippen LogP contribution in [0.1, 0.15) is 16.3 Å². The van der Waals surface area contributed by atoms with E-state index in [4.69, 9.17) is 0 Å². The average Bonchev–Trinajstić information content (AvgIpc) is 2.71. The van der Waals surface area contributed by atoms with E-state index in [2.05, 4.69) is 25.6 Å². The fourth-order valence-corrected chi connectivity index (χ4v) is 2.88. The number of anilines is 3. The van der Waals surface area contributed by atoms with Gasteiger partial charge in [-0.05, 0) is 31.2 Å². The van der Waals surface area contributed by atoms with Gasteiger partial charge >= 0.3 is 0 Å². The minimum atomic E-state index is -0.769. The molecule has 144 valence electrons. The van der Waals surface area contributed by atoms with Crippen LogP contribution in [0.15, 0.2) is 60.8 Å². The van der Waals surface area contributed by atoms with Crippen molar-refractivity contribution in [2.75, 3.05) is 10.6 Å². The first-order valence-electron chi connectivity index (χ1n) is 8.73. The van der Waals surface area contributed by atoms with E-state index in [1.807, 2.05) is 18.2 Å².